The molecule has 542 valence electrons. The van der Waals surface area contributed by atoms with E-state index >= 15 is 0 Å². The number of benzene rings is 2. The van der Waals surface area contributed by atoms with E-state index in [2.05, 4.69) is 6.92 Å². The van der Waals surface area contributed by atoms with Gasteiger partial charge >= 0.3 is 11.9 Å². The van der Waals surface area contributed by atoms with Gasteiger partial charge in [0, 0.05) is 59.7 Å². The van der Waals surface area contributed by atoms with Gasteiger partial charge in [-0.15, -0.1) is 0 Å². The maximum Gasteiger partial charge on any atom is 0.338 e. The third-order valence-corrected chi connectivity index (χ3v) is 23.2. The van der Waals surface area contributed by atoms with E-state index in [4.69, 9.17) is 75.8 Å². The molecule has 31 atom stereocenters. The lowest BCUT2D eigenvalue weighted by Gasteiger charge is -2.67. The highest BCUT2D eigenvalue weighted by Gasteiger charge is 2.82. The van der Waals surface area contributed by atoms with Gasteiger partial charge < -0.3 is 117 Å². The van der Waals surface area contributed by atoms with Crippen LogP contribution < -0.4 is 0 Å². The van der Waals surface area contributed by atoms with Gasteiger partial charge in [-0.25, -0.2) is 9.59 Å². The molecule has 2 aromatic rings. The molecule has 0 spiro atoms. The highest BCUT2D eigenvalue weighted by atomic mass is 16.8. The number of carbonyl (C=O) groups is 2. The van der Waals surface area contributed by atoms with Crippen LogP contribution in [0.1, 0.15) is 129 Å². The van der Waals surface area contributed by atoms with Crippen molar-refractivity contribution < 1.29 is 126 Å². The number of aliphatic hydroxyl groups excluding tert-OH is 5. The fourth-order valence-electron chi connectivity index (χ4n) is 17.6. The van der Waals surface area contributed by atoms with Crippen molar-refractivity contribution in [3.05, 3.63) is 89.5 Å². The molecule has 9 aliphatic rings. The molecule has 8 fully saturated rings. The maximum atomic E-state index is 14.2. The van der Waals surface area contributed by atoms with Gasteiger partial charge in [0.25, 0.3) is 0 Å². The molecule has 4 aliphatic carbocycles. The van der Waals surface area contributed by atoms with Gasteiger partial charge in [0.15, 0.2) is 31.5 Å². The first kappa shape index (κ1) is 74.2. The number of fused-ring (bicyclic) bond motifs is 5. The fourth-order valence-corrected chi connectivity index (χ4v) is 17.6. The molecule has 0 aromatic heterocycles. The summed E-state index contributed by atoms with van der Waals surface area (Å²) in [7, 11) is 6.10. The zero-order valence-electron chi connectivity index (χ0n) is 57.2. The van der Waals surface area contributed by atoms with Gasteiger partial charge in [-0.3, -0.25) is 0 Å². The van der Waals surface area contributed by atoms with Gasteiger partial charge in [-0.2, -0.15) is 0 Å². The number of hydrogen-bond donors (Lipinski definition) is 8. The first-order valence-electron chi connectivity index (χ1n) is 34.2. The summed E-state index contributed by atoms with van der Waals surface area (Å²) in [5, 5.41) is 92.5. The van der Waals surface area contributed by atoms with E-state index in [1.54, 1.807) is 78.3 Å². The zero-order chi connectivity index (χ0) is 69.7. The lowest BCUT2D eigenvalue weighted by molar-refractivity contribution is -0.374. The number of carbonyl (C=O) groups excluding carboxylic acids is 2. The van der Waals surface area contributed by atoms with Crippen molar-refractivity contribution in [3.8, 4) is 0 Å². The number of rotatable bonds is 21. The molecule has 0 radical (unpaired) electrons. The molecule has 26 heteroatoms. The van der Waals surface area contributed by atoms with Crippen LogP contribution in [0, 0.1) is 16.7 Å². The van der Waals surface area contributed by atoms with Gasteiger partial charge in [0.1, 0.15) is 90.1 Å². The van der Waals surface area contributed by atoms with E-state index in [-0.39, 0.29) is 50.2 Å². The second-order valence-electron chi connectivity index (χ2n) is 28.5. The predicted molar refractivity (Wildman–Crippen MR) is 340 cm³/mol. The van der Waals surface area contributed by atoms with Gasteiger partial charge in [0.2, 0.25) is 0 Å². The minimum atomic E-state index is -2.02. The molecule has 8 N–H and O–H groups in total. The Morgan fingerprint density at radius 3 is 1.71 bits per heavy atom. The fraction of sp³-hybridized carbons (Fsp3) is 0.746. The van der Waals surface area contributed by atoms with Gasteiger partial charge in [0.05, 0.1) is 66.4 Å². The van der Waals surface area contributed by atoms with Crippen LogP contribution in [-0.4, -0.2) is 258 Å². The molecule has 5 aliphatic heterocycles. The summed E-state index contributed by atoms with van der Waals surface area (Å²) in [6, 6.07) is 17.8. The van der Waals surface area contributed by atoms with Crippen molar-refractivity contribution in [2.45, 2.75) is 283 Å². The largest absolute Gasteiger partial charge is 0.458 e. The quantitative estimate of drug-likeness (QED) is 0.0502. The van der Waals surface area contributed by atoms with E-state index in [1.807, 2.05) is 50.3 Å². The second kappa shape index (κ2) is 30.1. The van der Waals surface area contributed by atoms with Crippen molar-refractivity contribution >= 4 is 18.0 Å². The molecule has 0 amide bonds. The Labute approximate surface area is 566 Å². The molecular formula is C71H102O26. The van der Waals surface area contributed by atoms with Crippen LogP contribution in [0.4, 0.5) is 0 Å². The molecule has 5 saturated heterocycles. The Morgan fingerprint density at radius 2 is 1.14 bits per heavy atom. The second-order valence-corrected chi connectivity index (χ2v) is 28.5. The first-order chi connectivity index (χ1) is 46.2. The molecule has 5 heterocycles. The molecule has 97 heavy (non-hydrogen) atoms. The van der Waals surface area contributed by atoms with E-state index < -0.39 is 200 Å². The molecule has 2 aromatic carbocycles. The average molecular weight is 1370 g/mol. The van der Waals surface area contributed by atoms with Crippen LogP contribution in [0.5, 0.6) is 0 Å². The number of hydrogen-bond acceptors (Lipinski definition) is 26. The van der Waals surface area contributed by atoms with Crippen LogP contribution in [0.3, 0.4) is 0 Å². The summed E-state index contributed by atoms with van der Waals surface area (Å²) < 4.78 is 100. The van der Waals surface area contributed by atoms with E-state index in [0.29, 0.717) is 25.7 Å². The molecule has 0 bridgehead atoms. The number of esters is 2. The van der Waals surface area contributed by atoms with E-state index in [1.165, 1.54) is 20.3 Å². The summed E-state index contributed by atoms with van der Waals surface area (Å²) in [6.07, 6.45) is -16.1. The number of ether oxygens (including phenoxy) is 16. The first-order valence-corrected chi connectivity index (χ1v) is 34.2. The van der Waals surface area contributed by atoms with Gasteiger partial charge in [-0.05, 0) is 109 Å². The van der Waals surface area contributed by atoms with Crippen molar-refractivity contribution in [1.29, 1.82) is 0 Å². The average Bonchev–Trinajstić information content (AvgIpc) is 1.59. The molecule has 26 nitrogen and oxygen atoms in total. The zero-order valence-corrected chi connectivity index (χ0v) is 57.2. The van der Waals surface area contributed by atoms with Gasteiger partial charge in [-0.1, -0.05) is 74.0 Å². The highest BCUT2D eigenvalue weighted by Crippen LogP contribution is 2.71. The lowest BCUT2D eigenvalue weighted by atomic mass is 9.42. The molecule has 3 saturated carbocycles. The Morgan fingerprint density at radius 1 is 0.608 bits per heavy atom. The molecule has 0 unspecified atom stereocenters. The SMILES string of the molecule is CO[C@@H]1[C@@H](O)[C@H](O[C@H]2[C@@H](OC)C[C@H](O[C@H]3[C@@H](OC)C[C@H](O[C@H]4[C@@H](OC)C[C@H](O[C@H]5CC[C@@]6(C)C(=CC[C@]7(O)[C@@H]6C[C@@H](OC(=O)c6ccccc6)[C@@]6(C)[C@]7(O)CC[C@@]6(O)[C@H](C)OC(=O)/C=C/c6ccccc6)C5)O[C@@H]4C)O[C@@H]3C)O[C@@H]2C)O[C@H](C)[C@H]1O[C@@H]1O[C@H](CO)[C@@H](O)[C@H](O)[C@H]1O. The summed E-state index contributed by atoms with van der Waals surface area (Å²) in [5.41, 5.74) is -6.10. The summed E-state index contributed by atoms with van der Waals surface area (Å²) in [4.78, 5) is 27.6. The van der Waals surface area contributed by atoms with Crippen LogP contribution >= 0.6 is 0 Å². The van der Waals surface area contributed by atoms with Crippen LogP contribution in [0.15, 0.2) is 78.4 Å². The predicted octanol–water partition coefficient (Wildman–Crippen LogP) is 3.69. The van der Waals surface area contributed by atoms with Crippen molar-refractivity contribution in [1.82, 2.24) is 0 Å². The van der Waals surface area contributed by atoms with Crippen LogP contribution in [0.25, 0.3) is 6.08 Å². The molecule has 11 rings (SSSR count). The third kappa shape index (κ3) is 14.0. The lowest BCUT2D eigenvalue weighted by Crippen LogP contribution is -2.78. The summed E-state index contributed by atoms with van der Waals surface area (Å²) in [5.74, 6) is -1.99. The Hall–Kier alpha value is -4.02. The van der Waals surface area contributed by atoms with Crippen LogP contribution in [-0.2, 0) is 80.6 Å². The Bertz CT molecular complexity index is 3020. The Balaban J connectivity index is 0.695. The monoisotopic (exact) mass is 1370 g/mol. The number of aliphatic hydroxyl groups is 8. The topological polar surface area (TPSA) is 344 Å². The smallest absolute Gasteiger partial charge is 0.338 e. The third-order valence-electron chi connectivity index (χ3n) is 23.2. The normalized spacial score (nSPS) is 46.5. The van der Waals surface area contributed by atoms with Crippen molar-refractivity contribution in [3.63, 3.8) is 0 Å². The minimum Gasteiger partial charge on any atom is -0.458 e. The summed E-state index contributed by atoms with van der Waals surface area (Å²) in [6.45, 7) is 11.9. The van der Waals surface area contributed by atoms with Crippen molar-refractivity contribution in [2.75, 3.05) is 35.0 Å². The maximum absolute atomic E-state index is 14.2. The van der Waals surface area contributed by atoms with Crippen molar-refractivity contribution in [2.24, 2.45) is 16.7 Å². The van der Waals surface area contributed by atoms with E-state index in [0.717, 1.165) is 11.1 Å². The molecular weight excluding hydrogens is 1270 g/mol. The van der Waals surface area contributed by atoms with E-state index in [9.17, 15) is 50.4 Å². The standard InChI is InChI=1S/C71H102O26/c1-36-59(94-53-32-46(83-9)60(37(2)87-53)95-54-33-47(84-10)61(38(3)88-54)96-66-58(77)63(85-11)62(39(4)89-66)97-65-57(76)56(75)55(74)48(35-72)92-65)45(82-8)31-52(86-36)91-44-25-26-67(6)43(30-44)24-27-70(80)49(67)34-50(93-64(78)42-20-16-13-17-21-42)68(7)69(79,28-29-71(68,70)81)40(5)90-51(73)23-22-41-18-14-12-15-19-41/h12-24,36-40,44-50,52-63,65-66,72,74-77,79-81H,25-35H2,1-11H3/b23-22+/t36-,37-,38-,39-,40+,44+,45+,46+,47+,48-,49-,50-,52+,53+,54+,55-,56+,57-,58-,59-,60-,61-,62-,63-,65+,66+,67+,68-,69-,70+,71-/m1/s1. The summed E-state index contributed by atoms with van der Waals surface area (Å²) >= 11 is 0. The Kier molecular flexibility index (Phi) is 23.0. The number of methoxy groups -OCH3 is 4. The highest BCUT2D eigenvalue weighted by molar-refractivity contribution is 5.89. The minimum absolute atomic E-state index is 0.0472. The van der Waals surface area contributed by atoms with Crippen LogP contribution in [0.2, 0.25) is 0 Å².